The van der Waals surface area contributed by atoms with Gasteiger partial charge >= 0.3 is 6.09 Å². The Morgan fingerprint density at radius 2 is 2.47 bits per heavy atom. The van der Waals surface area contributed by atoms with Crippen LogP contribution >= 0.6 is 27.3 Å². The van der Waals surface area contributed by atoms with Crippen LogP contribution in [0.5, 0.6) is 0 Å². The molecule has 1 aromatic heterocycles. The highest BCUT2D eigenvalue weighted by Crippen LogP contribution is 2.31. The van der Waals surface area contributed by atoms with E-state index in [-0.39, 0.29) is 6.04 Å². The number of likely N-dealkylation sites (N-methyl/N-ethyl adjacent to an activating group) is 1. The van der Waals surface area contributed by atoms with Crippen molar-refractivity contribution >= 4 is 33.4 Å². The van der Waals surface area contributed by atoms with E-state index in [1.165, 1.54) is 9.78 Å². The van der Waals surface area contributed by atoms with Crippen LogP contribution in [0.2, 0.25) is 0 Å². The van der Waals surface area contributed by atoms with E-state index in [0.29, 0.717) is 0 Å². The molecule has 2 rings (SSSR count). The lowest BCUT2D eigenvalue weighted by Crippen LogP contribution is -2.39. The number of nitrogens with zero attached hydrogens (tertiary/aromatic N) is 2. The Labute approximate surface area is 100 Å². The molecule has 1 aromatic rings. The second kappa shape index (κ2) is 4.09. The van der Waals surface area contributed by atoms with Gasteiger partial charge in [-0.3, -0.25) is 0 Å². The van der Waals surface area contributed by atoms with Gasteiger partial charge < -0.3 is 10.0 Å². The normalized spacial score (nSPS) is 19.7. The summed E-state index contributed by atoms with van der Waals surface area (Å²) in [6.45, 7) is 0. The fourth-order valence-electron chi connectivity index (χ4n) is 1.81. The van der Waals surface area contributed by atoms with Crippen LogP contribution in [-0.4, -0.2) is 34.2 Å². The Morgan fingerprint density at radius 1 is 1.73 bits per heavy atom. The molecule has 1 amide bonds. The van der Waals surface area contributed by atoms with Gasteiger partial charge in [0.2, 0.25) is 0 Å². The van der Waals surface area contributed by atoms with E-state index in [2.05, 4.69) is 20.9 Å². The molecule has 0 radical (unpaired) electrons. The molecule has 6 heteroatoms. The van der Waals surface area contributed by atoms with Gasteiger partial charge in [0.25, 0.3) is 0 Å². The van der Waals surface area contributed by atoms with Gasteiger partial charge in [0.15, 0.2) is 3.92 Å². The van der Waals surface area contributed by atoms with Crippen LogP contribution in [0.4, 0.5) is 4.79 Å². The van der Waals surface area contributed by atoms with Crippen molar-refractivity contribution in [2.45, 2.75) is 25.3 Å². The second-order valence-corrected chi connectivity index (χ2v) is 5.99. The zero-order valence-electron chi connectivity index (χ0n) is 8.23. The van der Waals surface area contributed by atoms with Crippen molar-refractivity contribution in [3.8, 4) is 0 Å². The van der Waals surface area contributed by atoms with Gasteiger partial charge in [0, 0.05) is 24.4 Å². The van der Waals surface area contributed by atoms with Crippen LogP contribution in [0.1, 0.15) is 17.0 Å². The molecule has 0 saturated carbocycles. The number of amides is 1. The zero-order chi connectivity index (χ0) is 11.0. The van der Waals surface area contributed by atoms with Gasteiger partial charge in [-0.25, -0.2) is 9.78 Å². The summed E-state index contributed by atoms with van der Waals surface area (Å²) in [6.07, 6.45) is 1.68. The number of hydrogen-bond acceptors (Lipinski definition) is 3. The van der Waals surface area contributed by atoms with Gasteiger partial charge in [0.1, 0.15) is 0 Å². The maximum absolute atomic E-state index is 10.8. The minimum atomic E-state index is -0.855. The van der Waals surface area contributed by atoms with Gasteiger partial charge in [-0.15, -0.1) is 11.3 Å². The van der Waals surface area contributed by atoms with Crippen LogP contribution in [-0.2, 0) is 12.8 Å². The van der Waals surface area contributed by atoms with E-state index in [4.69, 9.17) is 5.11 Å². The van der Waals surface area contributed by atoms with Crippen molar-refractivity contribution < 1.29 is 9.90 Å². The first-order chi connectivity index (χ1) is 7.08. The summed E-state index contributed by atoms with van der Waals surface area (Å²) in [7, 11) is 1.63. The van der Waals surface area contributed by atoms with E-state index in [0.717, 1.165) is 28.9 Å². The third-order valence-corrected chi connectivity index (χ3v) is 4.31. The number of thiazole rings is 1. The van der Waals surface area contributed by atoms with E-state index in [1.54, 1.807) is 18.4 Å². The average Bonchev–Trinajstić information content (AvgIpc) is 2.55. The lowest BCUT2D eigenvalue weighted by Gasteiger charge is -2.28. The first-order valence-corrected chi connectivity index (χ1v) is 6.28. The Bertz CT molecular complexity index is 393. The summed E-state index contributed by atoms with van der Waals surface area (Å²) in [5, 5.41) is 8.89. The lowest BCUT2D eigenvalue weighted by atomic mass is 9.97. The maximum Gasteiger partial charge on any atom is 0.407 e. The molecule has 1 aliphatic rings. The predicted octanol–water partition coefficient (Wildman–Crippen LogP) is 2.37. The smallest absolute Gasteiger partial charge is 0.407 e. The molecule has 0 spiro atoms. The average molecular weight is 291 g/mol. The number of aromatic nitrogens is 1. The molecule has 82 valence electrons. The maximum atomic E-state index is 10.8. The van der Waals surface area contributed by atoms with Crippen LogP contribution in [0, 0.1) is 0 Å². The molecule has 1 heterocycles. The first-order valence-electron chi connectivity index (χ1n) is 4.67. The third-order valence-electron chi connectivity index (χ3n) is 2.74. The van der Waals surface area contributed by atoms with Gasteiger partial charge in [0.05, 0.1) is 5.69 Å². The van der Waals surface area contributed by atoms with E-state index < -0.39 is 6.09 Å². The quantitative estimate of drug-likeness (QED) is 0.864. The lowest BCUT2D eigenvalue weighted by molar-refractivity contribution is 0.134. The van der Waals surface area contributed by atoms with Crippen molar-refractivity contribution in [3.63, 3.8) is 0 Å². The summed E-state index contributed by atoms with van der Waals surface area (Å²) in [4.78, 5) is 17.8. The number of fused-ring (bicyclic) bond motifs is 1. The Morgan fingerprint density at radius 3 is 3.13 bits per heavy atom. The van der Waals surface area contributed by atoms with Crippen molar-refractivity contribution in [2.24, 2.45) is 0 Å². The van der Waals surface area contributed by atoms with Crippen molar-refractivity contribution in [3.05, 3.63) is 14.5 Å². The van der Waals surface area contributed by atoms with E-state index >= 15 is 0 Å². The van der Waals surface area contributed by atoms with E-state index in [1.807, 2.05) is 0 Å². The number of halogens is 1. The molecule has 1 aliphatic carbocycles. The van der Waals surface area contributed by atoms with Crippen molar-refractivity contribution in [2.75, 3.05) is 7.05 Å². The minimum Gasteiger partial charge on any atom is -0.465 e. The monoisotopic (exact) mass is 290 g/mol. The van der Waals surface area contributed by atoms with Crippen molar-refractivity contribution in [1.29, 1.82) is 0 Å². The van der Waals surface area contributed by atoms with Gasteiger partial charge in [-0.1, -0.05) is 0 Å². The van der Waals surface area contributed by atoms with Gasteiger partial charge in [-0.05, 0) is 28.8 Å². The summed E-state index contributed by atoms with van der Waals surface area (Å²) < 4.78 is 0.895. The predicted molar refractivity (Wildman–Crippen MR) is 61.4 cm³/mol. The molecular weight excluding hydrogens is 280 g/mol. The van der Waals surface area contributed by atoms with Crippen molar-refractivity contribution in [1.82, 2.24) is 9.88 Å². The molecule has 0 fully saturated rings. The van der Waals surface area contributed by atoms with Gasteiger partial charge in [-0.2, -0.15) is 0 Å². The summed E-state index contributed by atoms with van der Waals surface area (Å²) in [5.74, 6) is 0. The number of aryl methyl sites for hydroxylation is 1. The number of carbonyl (C=O) groups is 1. The van der Waals surface area contributed by atoms with Crippen LogP contribution in [0.25, 0.3) is 0 Å². The fraction of sp³-hybridized carbons (Fsp3) is 0.556. The topological polar surface area (TPSA) is 53.4 Å². The fourth-order valence-corrected chi connectivity index (χ4v) is 3.51. The summed E-state index contributed by atoms with van der Waals surface area (Å²) >= 11 is 4.96. The molecule has 1 N–H and O–H groups in total. The molecule has 0 aliphatic heterocycles. The Kier molecular flexibility index (Phi) is 2.97. The molecule has 15 heavy (non-hydrogen) atoms. The number of rotatable bonds is 1. The number of carboxylic acid groups (broad SMARTS) is 1. The highest BCUT2D eigenvalue weighted by Gasteiger charge is 2.27. The SMILES string of the molecule is CN(C(=O)O)C1CCc2nc(Br)sc2C1. The second-order valence-electron chi connectivity index (χ2n) is 3.63. The molecule has 0 aromatic carbocycles. The summed E-state index contributed by atoms with van der Waals surface area (Å²) in [5.41, 5.74) is 1.13. The third kappa shape index (κ3) is 2.15. The summed E-state index contributed by atoms with van der Waals surface area (Å²) in [6, 6.07) is 0.0994. The first kappa shape index (κ1) is 10.9. The largest absolute Gasteiger partial charge is 0.465 e. The van der Waals surface area contributed by atoms with Crippen LogP contribution in [0.3, 0.4) is 0 Å². The Balaban J connectivity index is 2.14. The standard InChI is InChI=1S/C9H11BrN2O2S/c1-12(9(13)14)5-2-3-6-7(4-5)15-8(10)11-6/h5H,2-4H2,1H3,(H,13,14). The zero-order valence-corrected chi connectivity index (χ0v) is 10.6. The molecule has 0 saturated heterocycles. The van der Waals surface area contributed by atoms with E-state index in [9.17, 15) is 4.79 Å². The molecular formula is C9H11BrN2O2S. The molecule has 0 bridgehead atoms. The van der Waals surface area contributed by atoms with Crippen LogP contribution < -0.4 is 0 Å². The minimum absolute atomic E-state index is 0.0994. The Hall–Kier alpha value is -0.620. The molecule has 1 atom stereocenters. The van der Waals surface area contributed by atoms with Crippen LogP contribution in [0.15, 0.2) is 3.92 Å². The number of hydrogen-bond donors (Lipinski definition) is 1. The molecule has 4 nitrogen and oxygen atoms in total. The molecule has 1 unspecified atom stereocenters. The highest BCUT2D eigenvalue weighted by molar-refractivity contribution is 9.11. The highest BCUT2D eigenvalue weighted by atomic mass is 79.9.